The van der Waals surface area contributed by atoms with Gasteiger partial charge in [0.25, 0.3) is 0 Å². The molecule has 21 aromatic carbocycles. The van der Waals surface area contributed by atoms with E-state index in [-0.39, 0.29) is 0 Å². The molecule has 0 amide bonds. The lowest BCUT2D eigenvalue weighted by Gasteiger charge is -2.14. The number of hydrogen-bond acceptors (Lipinski definition) is 0. The maximum atomic E-state index is 2.49. The van der Waals surface area contributed by atoms with Crippen molar-refractivity contribution in [3.63, 3.8) is 0 Å². The molecule has 0 spiro atoms. The zero-order chi connectivity index (χ0) is 80.7. The van der Waals surface area contributed by atoms with Crippen LogP contribution in [0, 0.1) is 0 Å². The predicted molar refractivity (Wildman–Crippen MR) is 522 cm³/mol. The van der Waals surface area contributed by atoms with Gasteiger partial charge in [-0.3, -0.25) is 0 Å². The summed E-state index contributed by atoms with van der Waals surface area (Å²) in [5, 5.41) is 17.7. The first-order valence-corrected chi connectivity index (χ1v) is 43.1. The Morgan fingerprint density at radius 3 is 0.895 bits per heavy atom. The maximum absolute atomic E-state index is 2.49. The van der Waals surface area contributed by atoms with Crippen molar-refractivity contribution >= 4 is 120 Å². The second kappa shape index (κ2) is 25.6. The van der Waals surface area contributed by atoms with Crippen LogP contribution in [-0.4, -0.2) is 18.3 Å². The Kier molecular flexibility index (Phi) is 13.9. The largest absolute Gasteiger partial charge is 0.309 e. The SMILES string of the molecule is c1ccc(-n2c3ccccc3c3cc(-c4ccc5c(c4)c4ccccc4n5-c4ccc(-c5cccc(-c6ccc7c8c(cccc68)-c6cc(-c8ccc9c(c8)-c8cccc%10c(-c%11cccc(-n%12c%13ccccc%13c%13cc(-c%14ccc%15c(c%14)c%14ccccc%14n%15-c%14ccc%15c%16c(cccc%14%16)-c%14ccccc%14-%15)ccc%13%12)c%11)ccc-9c8%10)ccc6-7)c5)cc4)ccc32)cc1. The number of nitrogens with zero attached hydrogens (tertiary/aromatic N) is 4. The molecular formula is C120H70N4. The lowest BCUT2D eigenvalue weighted by molar-refractivity contribution is 1.18. The highest BCUT2D eigenvalue weighted by Gasteiger charge is 2.30. The molecule has 0 fully saturated rings. The molecule has 4 aromatic heterocycles. The van der Waals surface area contributed by atoms with Gasteiger partial charge < -0.3 is 18.3 Å². The van der Waals surface area contributed by atoms with Crippen molar-refractivity contribution in [2.75, 3.05) is 0 Å². The monoisotopic (exact) mass is 1570 g/mol. The number of fused-ring (bicyclic) bond motifs is 21. The molecule has 0 unspecified atom stereocenters. The van der Waals surface area contributed by atoms with Gasteiger partial charge in [-0.05, 0) is 294 Å². The van der Waals surface area contributed by atoms with Crippen LogP contribution in [0.2, 0.25) is 0 Å². The van der Waals surface area contributed by atoms with Gasteiger partial charge in [-0.15, -0.1) is 0 Å². The van der Waals surface area contributed by atoms with E-state index in [1.807, 2.05) is 0 Å². The molecule has 4 heteroatoms. The normalized spacial score (nSPS) is 12.4. The first-order valence-electron chi connectivity index (χ1n) is 43.1. The number of aromatic nitrogens is 4. The molecule has 570 valence electrons. The van der Waals surface area contributed by atoms with E-state index in [0.29, 0.717) is 0 Å². The van der Waals surface area contributed by atoms with Crippen LogP contribution in [0.15, 0.2) is 425 Å². The lowest BCUT2D eigenvalue weighted by Crippen LogP contribution is -1.96. The van der Waals surface area contributed by atoms with E-state index in [2.05, 4.69) is 443 Å². The van der Waals surface area contributed by atoms with Gasteiger partial charge in [0, 0.05) is 65.5 Å². The Hall–Kier alpha value is -16.4. The molecule has 0 saturated carbocycles. The highest BCUT2D eigenvalue weighted by molar-refractivity contribution is 6.24. The summed E-state index contributed by atoms with van der Waals surface area (Å²) in [7, 11) is 0. The number of hydrogen-bond donors (Lipinski definition) is 0. The lowest BCUT2D eigenvalue weighted by atomic mass is 9.92. The topological polar surface area (TPSA) is 19.7 Å². The molecule has 0 aliphatic heterocycles. The fraction of sp³-hybridized carbons (Fsp3) is 0. The Morgan fingerprint density at radius 1 is 0.113 bits per heavy atom. The number of para-hydroxylation sites is 5. The summed E-state index contributed by atoms with van der Waals surface area (Å²) < 4.78 is 9.77. The van der Waals surface area contributed by atoms with Crippen LogP contribution in [0.3, 0.4) is 0 Å². The summed E-state index contributed by atoms with van der Waals surface area (Å²) in [4.78, 5) is 0. The molecule has 0 atom stereocenters. The first kappa shape index (κ1) is 67.5. The van der Waals surface area contributed by atoms with Gasteiger partial charge in [0.15, 0.2) is 0 Å². The molecule has 3 aliphatic rings. The minimum absolute atomic E-state index is 1.13. The van der Waals surface area contributed by atoms with E-state index in [0.717, 1.165) is 11.4 Å². The summed E-state index contributed by atoms with van der Waals surface area (Å²) in [6, 6.07) is 160. The Morgan fingerprint density at radius 2 is 0.395 bits per heavy atom. The van der Waals surface area contributed by atoms with Crippen LogP contribution < -0.4 is 0 Å². The molecule has 0 N–H and O–H groups in total. The number of rotatable bonds is 10. The van der Waals surface area contributed by atoms with Crippen molar-refractivity contribution in [1.29, 1.82) is 0 Å². The Balaban J connectivity index is 0.463. The van der Waals surface area contributed by atoms with Crippen molar-refractivity contribution < 1.29 is 0 Å². The van der Waals surface area contributed by atoms with Gasteiger partial charge in [-0.2, -0.15) is 0 Å². The predicted octanol–water partition coefficient (Wildman–Crippen LogP) is 32.5. The standard InChI is InChI=1S/C120H70N4/c1-2-22-81(23-3-1)121-109-37-10-6-27-90(109)105-67-75(45-58-114(105)121)76-46-59-115-106(68-76)91-28-7-11-38-110(91)122(115)82-49-41-71(42-50-82)72-19-14-20-79(63-72)84-53-55-99-88-51-43-73(65-103(88)97-34-16-31-94(84)118(97)99)74-44-52-89-100-56-54-85(95-32-17-35-98(119(95)100)104(89)66-74)80-21-15-24-83(64-80)123-111-39-12-8-29-92(111)107-69-77(47-60-116(107)123)78-48-61-117-108(70-78)93-30-9-13-40-112(93)124(117)113-62-57-101-87-26-5-4-25-86(87)96-33-18-36-102(113)120(96)101/h1-70H. The summed E-state index contributed by atoms with van der Waals surface area (Å²) >= 11 is 0. The van der Waals surface area contributed by atoms with Crippen molar-refractivity contribution in [1.82, 2.24) is 18.3 Å². The smallest absolute Gasteiger partial charge is 0.0541 e. The van der Waals surface area contributed by atoms with E-state index in [9.17, 15) is 0 Å². The molecule has 25 aromatic rings. The van der Waals surface area contributed by atoms with Crippen LogP contribution in [0.1, 0.15) is 0 Å². The quantitative estimate of drug-likeness (QED) is 0.130. The van der Waals surface area contributed by atoms with Crippen LogP contribution in [-0.2, 0) is 0 Å². The summed E-state index contributed by atoms with van der Waals surface area (Å²) in [6.45, 7) is 0. The van der Waals surface area contributed by atoms with E-state index in [1.54, 1.807) is 0 Å². The maximum Gasteiger partial charge on any atom is 0.0541 e. The molecule has 0 bridgehead atoms. The van der Waals surface area contributed by atoms with Crippen molar-refractivity contribution in [3.8, 4) is 156 Å². The van der Waals surface area contributed by atoms with Crippen LogP contribution in [0.25, 0.3) is 276 Å². The minimum Gasteiger partial charge on any atom is -0.309 e. The van der Waals surface area contributed by atoms with Crippen molar-refractivity contribution in [2.24, 2.45) is 0 Å². The molecular weight excluding hydrogens is 1500 g/mol. The summed E-state index contributed by atoms with van der Waals surface area (Å²) in [5.41, 5.74) is 44.2. The third kappa shape index (κ3) is 9.56. The fourth-order valence-electron chi connectivity index (χ4n) is 22.3. The molecule has 28 rings (SSSR count). The van der Waals surface area contributed by atoms with Gasteiger partial charge in [-0.1, -0.05) is 291 Å². The number of benzene rings is 21. The minimum atomic E-state index is 1.13. The van der Waals surface area contributed by atoms with Crippen LogP contribution in [0.5, 0.6) is 0 Å². The van der Waals surface area contributed by atoms with Gasteiger partial charge in [-0.25, -0.2) is 0 Å². The zero-order valence-electron chi connectivity index (χ0n) is 67.2. The molecule has 124 heavy (non-hydrogen) atoms. The molecule has 4 heterocycles. The molecule has 4 nitrogen and oxygen atoms in total. The average Bonchev–Trinajstić information content (AvgIpc) is 1.56. The highest BCUT2D eigenvalue weighted by Crippen LogP contribution is 2.56. The highest BCUT2D eigenvalue weighted by atomic mass is 15.0. The van der Waals surface area contributed by atoms with Crippen molar-refractivity contribution in [2.45, 2.75) is 0 Å². The Bertz CT molecular complexity index is 9020. The third-order valence-corrected chi connectivity index (χ3v) is 27.8. The van der Waals surface area contributed by atoms with Gasteiger partial charge in [0.1, 0.15) is 0 Å². The summed E-state index contributed by atoms with van der Waals surface area (Å²) in [6.07, 6.45) is 0. The second-order valence-electron chi connectivity index (χ2n) is 34.1. The zero-order valence-corrected chi connectivity index (χ0v) is 67.2. The summed E-state index contributed by atoms with van der Waals surface area (Å²) in [5.74, 6) is 0. The van der Waals surface area contributed by atoms with E-state index >= 15 is 0 Å². The molecule has 0 saturated heterocycles. The van der Waals surface area contributed by atoms with E-state index in [1.165, 1.54) is 264 Å². The van der Waals surface area contributed by atoms with E-state index in [4.69, 9.17) is 0 Å². The third-order valence-electron chi connectivity index (χ3n) is 27.8. The molecule has 0 radical (unpaired) electrons. The van der Waals surface area contributed by atoms with Crippen LogP contribution >= 0.6 is 0 Å². The first-order chi connectivity index (χ1) is 61.5. The second-order valence-corrected chi connectivity index (χ2v) is 34.1. The van der Waals surface area contributed by atoms with Gasteiger partial charge >= 0.3 is 0 Å². The van der Waals surface area contributed by atoms with Crippen molar-refractivity contribution in [3.05, 3.63) is 425 Å². The van der Waals surface area contributed by atoms with E-state index < -0.39 is 0 Å². The van der Waals surface area contributed by atoms with Crippen LogP contribution in [0.4, 0.5) is 0 Å². The average molecular weight is 1570 g/mol. The van der Waals surface area contributed by atoms with Gasteiger partial charge in [0.05, 0.1) is 49.8 Å². The fourth-order valence-corrected chi connectivity index (χ4v) is 22.3. The molecule has 3 aliphatic carbocycles. The Labute approximate surface area is 713 Å². The van der Waals surface area contributed by atoms with Gasteiger partial charge in [0.2, 0.25) is 0 Å².